The van der Waals surface area contributed by atoms with Crippen molar-refractivity contribution in [3.05, 3.63) is 0 Å². The topological polar surface area (TPSA) is 26.0 Å². The summed E-state index contributed by atoms with van der Waals surface area (Å²) in [5.74, 6) is 1.22. The van der Waals surface area contributed by atoms with E-state index in [9.17, 15) is 0 Å². The second-order valence-corrected chi connectivity index (χ2v) is 3.64. The lowest BCUT2D eigenvalue weighted by Crippen LogP contribution is -2.09. The molecule has 2 N–H and O–H groups in total. The molecule has 0 saturated heterocycles. The largest absolute Gasteiger partial charge is 0.330 e. The van der Waals surface area contributed by atoms with Gasteiger partial charge in [0.15, 0.2) is 0 Å². The molecule has 0 amide bonds. The average Bonchev–Trinajstić information content (AvgIpc) is 1.88. The van der Waals surface area contributed by atoms with Gasteiger partial charge in [-0.2, -0.15) is 11.8 Å². The zero-order chi connectivity index (χ0) is 7.11. The highest BCUT2D eigenvalue weighted by molar-refractivity contribution is 7.99. The van der Waals surface area contributed by atoms with Crippen LogP contribution in [-0.4, -0.2) is 17.5 Å². The smallest absolute Gasteiger partial charge is 0.00563 e. The van der Waals surface area contributed by atoms with E-state index in [0.29, 0.717) is 0 Å². The quantitative estimate of drug-likeness (QED) is 0.642. The molecule has 0 aromatic carbocycles. The Morgan fingerprint density at radius 1 is 1.44 bits per heavy atom. The van der Waals surface area contributed by atoms with Crippen LogP contribution in [0.4, 0.5) is 0 Å². The van der Waals surface area contributed by atoms with Crippen molar-refractivity contribution in [1.29, 1.82) is 0 Å². The molecule has 0 fully saturated rings. The van der Waals surface area contributed by atoms with Crippen molar-refractivity contribution in [2.24, 2.45) is 5.73 Å². The van der Waals surface area contributed by atoms with Gasteiger partial charge in [-0.25, -0.2) is 0 Å². The third kappa shape index (κ3) is 4.79. The predicted octanol–water partition coefficient (Wildman–Crippen LogP) is 1.87. The molecule has 0 aromatic rings. The summed E-state index contributed by atoms with van der Waals surface area (Å²) in [5, 5.41) is 0.806. The van der Waals surface area contributed by atoms with Gasteiger partial charge in [0, 0.05) is 5.25 Å². The van der Waals surface area contributed by atoms with E-state index in [1.807, 2.05) is 11.8 Å². The number of rotatable bonds is 5. The standard InChI is InChI=1S/C7H17NS/c1-3-7(5-6-8)9-4-2/h7H,3-6,8H2,1-2H3. The Morgan fingerprint density at radius 2 is 2.11 bits per heavy atom. The van der Waals surface area contributed by atoms with Crippen LogP contribution in [0.2, 0.25) is 0 Å². The van der Waals surface area contributed by atoms with Crippen LogP contribution in [-0.2, 0) is 0 Å². The molecule has 56 valence electrons. The summed E-state index contributed by atoms with van der Waals surface area (Å²) in [6.07, 6.45) is 2.44. The maximum Gasteiger partial charge on any atom is 0.00563 e. The zero-order valence-electron chi connectivity index (χ0n) is 6.39. The molecular weight excluding hydrogens is 130 g/mol. The Morgan fingerprint density at radius 3 is 2.44 bits per heavy atom. The summed E-state index contributed by atoms with van der Waals surface area (Å²) in [7, 11) is 0. The highest BCUT2D eigenvalue weighted by Crippen LogP contribution is 2.16. The van der Waals surface area contributed by atoms with Gasteiger partial charge in [0.1, 0.15) is 0 Å². The van der Waals surface area contributed by atoms with Crippen molar-refractivity contribution < 1.29 is 0 Å². The third-order valence-electron chi connectivity index (χ3n) is 1.35. The maximum atomic E-state index is 5.42. The molecule has 1 unspecified atom stereocenters. The summed E-state index contributed by atoms with van der Waals surface area (Å²) in [5.41, 5.74) is 5.42. The molecule has 0 rings (SSSR count). The van der Waals surface area contributed by atoms with E-state index in [-0.39, 0.29) is 0 Å². The van der Waals surface area contributed by atoms with Gasteiger partial charge in [-0.15, -0.1) is 0 Å². The van der Waals surface area contributed by atoms with Crippen LogP contribution in [0.1, 0.15) is 26.7 Å². The molecule has 0 radical (unpaired) electrons. The number of nitrogens with two attached hydrogens (primary N) is 1. The van der Waals surface area contributed by atoms with E-state index in [1.54, 1.807) is 0 Å². The van der Waals surface area contributed by atoms with Gasteiger partial charge in [-0.05, 0) is 25.1 Å². The second kappa shape index (κ2) is 6.43. The lowest BCUT2D eigenvalue weighted by molar-refractivity contribution is 0.746. The van der Waals surface area contributed by atoms with Crippen molar-refractivity contribution in [3.63, 3.8) is 0 Å². The molecule has 0 heterocycles. The van der Waals surface area contributed by atoms with E-state index in [0.717, 1.165) is 11.8 Å². The first-order valence-corrected chi connectivity index (χ1v) is 4.71. The average molecular weight is 147 g/mol. The Kier molecular flexibility index (Phi) is 6.65. The number of hydrogen-bond donors (Lipinski definition) is 1. The fourth-order valence-corrected chi connectivity index (χ4v) is 1.84. The molecule has 9 heavy (non-hydrogen) atoms. The molecule has 1 nitrogen and oxygen atoms in total. The molecular formula is C7H17NS. The molecule has 0 aliphatic rings. The van der Waals surface area contributed by atoms with Crippen LogP contribution in [0, 0.1) is 0 Å². The molecule has 0 spiro atoms. The Hall–Kier alpha value is 0.310. The van der Waals surface area contributed by atoms with E-state index in [4.69, 9.17) is 5.73 Å². The molecule has 0 saturated carbocycles. The monoisotopic (exact) mass is 147 g/mol. The molecule has 1 atom stereocenters. The van der Waals surface area contributed by atoms with Gasteiger partial charge in [0.25, 0.3) is 0 Å². The molecule has 2 heteroatoms. The minimum atomic E-state index is 0.806. The number of thioether (sulfide) groups is 1. The van der Waals surface area contributed by atoms with Gasteiger partial charge < -0.3 is 5.73 Å². The summed E-state index contributed by atoms with van der Waals surface area (Å²) >= 11 is 2.02. The molecule has 0 aromatic heterocycles. The number of hydrogen-bond acceptors (Lipinski definition) is 2. The minimum absolute atomic E-state index is 0.806. The van der Waals surface area contributed by atoms with Gasteiger partial charge in [0.2, 0.25) is 0 Å². The van der Waals surface area contributed by atoms with Crippen LogP contribution in [0.3, 0.4) is 0 Å². The Balaban J connectivity index is 3.18. The van der Waals surface area contributed by atoms with Crippen molar-refractivity contribution >= 4 is 11.8 Å². The molecule has 0 aliphatic carbocycles. The summed E-state index contributed by atoms with van der Waals surface area (Å²) in [6, 6.07) is 0. The minimum Gasteiger partial charge on any atom is -0.330 e. The summed E-state index contributed by atoms with van der Waals surface area (Å²) in [6.45, 7) is 5.26. The predicted molar refractivity (Wildman–Crippen MR) is 45.9 cm³/mol. The summed E-state index contributed by atoms with van der Waals surface area (Å²) < 4.78 is 0. The highest BCUT2D eigenvalue weighted by Gasteiger charge is 2.01. The first-order chi connectivity index (χ1) is 4.35. The van der Waals surface area contributed by atoms with Crippen molar-refractivity contribution in [3.8, 4) is 0 Å². The Bertz CT molecular complexity index is 50.9. The van der Waals surface area contributed by atoms with Gasteiger partial charge in [0.05, 0.1) is 0 Å². The van der Waals surface area contributed by atoms with Crippen molar-refractivity contribution in [2.75, 3.05) is 12.3 Å². The normalized spacial score (nSPS) is 13.7. The van der Waals surface area contributed by atoms with E-state index < -0.39 is 0 Å². The lowest BCUT2D eigenvalue weighted by atomic mass is 10.2. The fourth-order valence-electron chi connectivity index (χ4n) is 0.827. The van der Waals surface area contributed by atoms with Crippen LogP contribution in [0.25, 0.3) is 0 Å². The summed E-state index contributed by atoms with van der Waals surface area (Å²) in [4.78, 5) is 0. The Labute approximate surface area is 62.4 Å². The highest BCUT2D eigenvalue weighted by atomic mass is 32.2. The van der Waals surface area contributed by atoms with E-state index in [1.165, 1.54) is 18.6 Å². The van der Waals surface area contributed by atoms with Gasteiger partial charge >= 0.3 is 0 Å². The van der Waals surface area contributed by atoms with E-state index in [2.05, 4.69) is 13.8 Å². The van der Waals surface area contributed by atoms with Crippen LogP contribution in [0.15, 0.2) is 0 Å². The van der Waals surface area contributed by atoms with Crippen molar-refractivity contribution in [1.82, 2.24) is 0 Å². The van der Waals surface area contributed by atoms with Gasteiger partial charge in [-0.3, -0.25) is 0 Å². The maximum absolute atomic E-state index is 5.42. The molecule has 0 aliphatic heterocycles. The lowest BCUT2D eigenvalue weighted by Gasteiger charge is -2.10. The van der Waals surface area contributed by atoms with Crippen LogP contribution >= 0.6 is 11.8 Å². The molecule has 0 bridgehead atoms. The van der Waals surface area contributed by atoms with Gasteiger partial charge in [-0.1, -0.05) is 13.8 Å². The fraction of sp³-hybridized carbons (Fsp3) is 1.00. The van der Waals surface area contributed by atoms with Crippen molar-refractivity contribution in [2.45, 2.75) is 31.9 Å². The zero-order valence-corrected chi connectivity index (χ0v) is 7.21. The SMILES string of the molecule is CCSC(CC)CCN. The second-order valence-electron chi connectivity index (χ2n) is 2.06. The van der Waals surface area contributed by atoms with Crippen LogP contribution < -0.4 is 5.73 Å². The van der Waals surface area contributed by atoms with E-state index >= 15 is 0 Å². The van der Waals surface area contributed by atoms with Crippen LogP contribution in [0.5, 0.6) is 0 Å². The first kappa shape index (κ1) is 9.31. The first-order valence-electron chi connectivity index (χ1n) is 3.66. The third-order valence-corrected chi connectivity index (χ3v) is 2.72.